The molecule has 3 aromatic carbocycles. The molecule has 6 nitrogen and oxygen atoms in total. The van der Waals surface area contributed by atoms with Crippen molar-refractivity contribution in [2.24, 2.45) is 0 Å². The maximum absolute atomic E-state index is 12.8. The van der Waals surface area contributed by atoms with Crippen LogP contribution in [0.5, 0.6) is 11.5 Å². The van der Waals surface area contributed by atoms with E-state index in [0.29, 0.717) is 16.6 Å². The van der Waals surface area contributed by atoms with Gasteiger partial charge in [-0.2, -0.15) is 0 Å². The summed E-state index contributed by atoms with van der Waals surface area (Å²) in [4.78, 5) is 4.56. The van der Waals surface area contributed by atoms with Gasteiger partial charge in [0.15, 0.2) is 16.6 Å². The summed E-state index contributed by atoms with van der Waals surface area (Å²) in [6.45, 7) is 0. The van der Waals surface area contributed by atoms with Crippen molar-refractivity contribution >= 4 is 37.3 Å². The van der Waals surface area contributed by atoms with Crippen molar-refractivity contribution < 1.29 is 17.9 Å². The molecule has 0 amide bonds. The molecule has 0 aliphatic rings. The highest BCUT2D eigenvalue weighted by Gasteiger charge is 2.19. The number of nitrogens with zero attached hydrogens (tertiary/aromatic N) is 1. The summed E-state index contributed by atoms with van der Waals surface area (Å²) >= 11 is 1.23. The molecular weight excluding hydrogens is 408 g/mol. The first-order chi connectivity index (χ1) is 14.0. The van der Waals surface area contributed by atoms with Gasteiger partial charge in [-0.1, -0.05) is 42.5 Å². The monoisotopic (exact) mass is 426 g/mol. The number of ether oxygens (including phenoxy) is 2. The van der Waals surface area contributed by atoms with Gasteiger partial charge in [0.2, 0.25) is 0 Å². The van der Waals surface area contributed by atoms with Crippen LogP contribution in [0.25, 0.3) is 22.0 Å². The average Bonchev–Trinajstić information content (AvgIpc) is 3.20. The zero-order valence-corrected chi connectivity index (χ0v) is 17.4. The van der Waals surface area contributed by atoms with Crippen LogP contribution in [0, 0.1) is 0 Å². The Labute approximate surface area is 172 Å². The fraction of sp³-hybridized carbons (Fsp3) is 0.0952. The first kappa shape index (κ1) is 19.2. The Kier molecular flexibility index (Phi) is 5.12. The van der Waals surface area contributed by atoms with Crippen LogP contribution in [-0.4, -0.2) is 27.6 Å². The normalized spacial score (nSPS) is 11.4. The van der Waals surface area contributed by atoms with E-state index in [4.69, 9.17) is 9.47 Å². The maximum atomic E-state index is 12.8. The van der Waals surface area contributed by atoms with Crippen molar-refractivity contribution in [3.05, 3.63) is 66.0 Å². The first-order valence-corrected chi connectivity index (χ1v) is 11.1. The van der Waals surface area contributed by atoms with Crippen LogP contribution in [-0.2, 0) is 10.0 Å². The minimum Gasteiger partial charge on any atom is -0.493 e. The van der Waals surface area contributed by atoms with Crippen LogP contribution >= 0.6 is 11.3 Å². The fourth-order valence-electron chi connectivity index (χ4n) is 3.05. The molecular formula is C21H18N2O4S2. The van der Waals surface area contributed by atoms with Crippen molar-refractivity contribution in [2.75, 3.05) is 18.9 Å². The second-order valence-corrected chi connectivity index (χ2v) is 8.73. The van der Waals surface area contributed by atoms with Gasteiger partial charge in [-0.25, -0.2) is 13.4 Å². The number of anilines is 1. The fourth-order valence-corrected chi connectivity index (χ4v) is 5.03. The molecule has 8 heteroatoms. The third-order valence-corrected chi connectivity index (χ3v) is 6.68. The van der Waals surface area contributed by atoms with Gasteiger partial charge >= 0.3 is 0 Å². The molecule has 0 saturated carbocycles. The van der Waals surface area contributed by atoms with E-state index in [2.05, 4.69) is 9.71 Å². The molecule has 0 radical (unpaired) electrons. The number of nitrogens with one attached hydrogen (secondary N) is 1. The third kappa shape index (κ3) is 3.76. The van der Waals surface area contributed by atoms with E-state index in [0.717, 1.165) is 22.0 Å². The van der Waals surface area contributed by atoms with Crippen molar-refractivity contribution in [1.82, 2.24) is 4.98 Å². The molecule has 0 spiro atoms. The van der Waals surface area contributed by atoms with E-state index in [-0.39, 0.29) is 4.90 Å². The quantitative estimate of drug-likeness (QED) is 0.480. The van der Waals surface area contributed by atoms with E-state index < -0.39 is 10.0 Å². The molecule has 0 saturated heterocycles. The number of benzene rings is 3. The lowest BCUT2D eigenvalue weighted by Crippen LogP contribution is -2.13. The SMILES string of the molecule is COc1ccc(S(=O)(=O)Nc2nc(-c3cccc4ccccc34)cs2)cc1OC. The van der Waals surface area contributed by atoms with Gasteiger partial charge < -0.3 is 9.47 Å². The third-order valence-electron chi connectivity index (χ3n) is 4.46. The second kappa shape index (κ2) is 7.73. The van der Waals surface area contributed by atoms with Crippen LogP contribution < -0.4 is 14.2 Å². The molecule has 0 unspecified atom stereocenters. The number of hydrogen-bond acceptors (Lipinski definition) is 6. The lowest BCUT2D eigenvalue weighted by molar-refractivity contribution is 0.354. The molecule has 0 aliphatic heterocycles. The molecule has 148 valence electrons. The lowest BCUT2D eigenvalue weighted by atomic mass is 10.0. The Morgan fingerprint density at radius 2 is 1.69 bits per heavy atom. The number of sulfonamides is 1. The van der Waals surface area contributed by atoms with Gasteiger partial charge in [-0.05, 0) is 22.9 Å². The molecule has 0 atom stereocenters. The molecule has 0 bridgehead atoms. The van der Waals surface area contributed by atoms with Gasteiger partial charge in [-0.15, -0.1) is 11.3 Å². The van der Waals surface area contributed by atoms with E-state index in [1.54, 1.807) is 6.07 Å². The molecule has 4 aromatic rings. The summed E-state index contributed by atoms with van der Waals surface area (Å²) in [5, 5.41) is 4.30. The Balaban J connectivity index is 1.65. The summed E-state index contributed by atoms with van der Waals surface area (Å²) in [7, 11) is -0.868. The van der Waals surface area contributed by atoms with E-state index in [1.165, 1.54) is 37.7 Å². The van der Waals surface area contributed by atoms with Crippen LogP contribution in [0.15, 0.2) is 70.9 Å². The van der Waals surface area contributed by atoms with Crippen molar-refractivity contribution in [3.8, 4) is 22.8 Å². The number of aromatic nitrogens is 1. The smallest absolute Gasteiger partial charge is 0.263 e. The molecule has 29 heavy (non-hydrogen) atoms. The summed E-state index contributed by atoms with van der Waals surface area (Å²) in [5.41, 5.74) is 1.67. The molecule has 1 N–H and O–H groups in total. The minimum absolute atomic E-state index is 0.0667. The largest absolute Gasteiger partial charge is 0.493 e. The van der Waals surface area contributed by atoms with Gasteiger partial charge in [0.25, 0.3) is 10.0 Å². The molecule has 1 aromatic heterocycles. The highest BCUT2D eigenvalue weighted by atomic mass is 32.2. The van der Waals surface area contributed by atoms with Crippen LogP contribution in [0.1, 0.15) is 0 Å². The second-order valence-electron chi connectivity index (χ2n) is 6.19. The van der Waals surface area contributed by atoms with E-state index in [1.807, 2.05) is 47.8 Å². The number of thiazole rings is 1. The van der Waals surface area contributed by atoms with E-state index >= 15 is 0 Å². The zero-order chi connectivity index (χ0) is 20.4. The zero-order valence-electron chi connectivity index (χ0n) is 15.7. The van der Waals surface area contributed by atoms with Gasteiger partial charge in [-0.3, -0.25) is 4.72 Å². The van der Waals surface area contributed by atoms with Crippen molar-refractivity contribution in [2.45, 2.75) is 4.90 Å². The topological polar surface area (TPSA) is 77.5 Å². The Morgan fingerprint density at radius 3 is 2.48 bits per heavy atom. The Morgan fingerprint density at radius 1 is 0.931 bits per heavy atom. The number of hydrogen-bond donors (Lipinski definition) is 1. The number of rotatable bonds is 6. The predicted octanol–water partition coefficient (Wildman–Crippen LogP) is 4.78. The Hall–Kier alpha value is -3.10. The molecule has 1 heterocycles. The van der Waals surface area contributed by atoms with E-state index in [9.17, 15) is 8.42 Å². The highest BCUT2D eigenvalue weighted by Crippen LogP contribution is 2.33. The summed E-state index contributed by atoms with van der Waals surface area (Å²) < 4.78 is 38.5. The van der Waals surface area contributed by atoms with Crippen molar-refractivity contribution in [1.29, 1.82) is 0 Å². The standard InChI is InChI=1S/C21H18N2O4S2/c1-26-19-11-10-15(12-20(19)27-2)29(24,25)23-21-22-18(13-28-21)17-9-5-7-14-6-3-4-8-16(14)17/h3-13H,1-2H3,(H,22,23). The van der Waals surface area contributed by atoms with Gasteiger partial charge in [0.1, 0.15) is 0 Å². The Bertz CT molecular complexity index is 1280. The minimum atomic E-state index is -3.82. The molecule has 0 fully saturated rings. The summed E-state index contributed by atoms with van der Waals surface area (Å²) in [6.07, 6.45) is 0. The lowest BCUT2D eigenvalue weighted by Gasteiger charge is -2.10. The molecule has 4 rings (SSSR count). The van der Waals surface area contributed by atoms with Gasteiger partial charge in [0.05, 0.1) is 24.8 Å². The molecule has 0 aliphatic carbocycles. The van der Waals surface area contributed by atoms with Crippen molar-refractivity contribution in [3.63, 3.8) is 0 Å². The first-order valence-electron chi connectivity index (χ1n) is 8.70. The average molecular weight is 427 g/mol. The predicted molar refractivity (Wildman–Crippen MR) is 115 cm³/mol. The summed E-state index contributed by atoms with van der Waals surface area (Å²) in [6, 6.07) is 18.4. The highest BCUT2D eigenvalue weighted by molar-refractivity contribution is 7.93. The van der Waals surface area contributed by atoms with Gasteiger partial charge in [0, 0.05) is 17.0 Å². The van der Waals surface area contributed by atoms with Crippen LogP contribution in [0.2, 0.25) is 0 Å². The van der Waals surface area contributed by atoms with Crippen LogP contribution in [0.3, 0.4) is 0 Å². The maximum Gasteiger partial charge on any atom is 0.263 e. The number of methoxy groups -OCH3 is 2. The van der Waals surface area contributed by atoms with Crippen LogP contribution in [0.4, 0.5) is 5.13 Å². The summed E-state index contributed by atoms with van der Waals surface area (Å²) in [5.74, 6) is 0.796. The number of fused-ring (bicyclic) bond motifs is 1.